The van der Waals surface area contributed by atoms with Gasteiger partial charge in [-0.05, 0) is 43.3 Å². The highest BCUT2D eigenvalue weighted by atomic mass is 32.1. The van der Waals surface area contributed by atoms with Gasteiger partial charge in [-0.3, -0.25) is 4.79 Å². The highest BCUT2D eigenvalue weighted by molar-refractivity contribution is 7.16. The highest BCUT2D eigenvalue weighted by Crippen LogP contribution is 2.23. The number of aromatic nitrogens is 4. The smallest absolute Gasteiger partial charge is 0.234 e. The highest BCUT2D eigenvalue weighted by Gasteiger charge is 2.10. The number of fused-ring (bicyclic) bond motifs is 1. The fraction of sp³-hybridized carbons (Fsp3) is 0.158. The lowest BCUT2D eigenvalue weighted by molar-refractivity contribution is -0.116. The fourth-order valence-corrected chi connectivity index (χ4v) is 3.41. The van der Waals surface area contributed by atoms with Gasteiger partial charge in [-0.15, -0.1) is 10.2 Å². The third-order valence-electron chi connectivity index (χ3n) is 3.87. The molecule has 0 spiro atoms. The molecule has 0 saturated heterocycles. The molecule has 0 radical (unpaired) electrons. The van der Waals surface area contributed by atoms with Crippen LogP contribution in [0, 0.1) is 6.92 Å². The predicted octanol–water partition coefficient (Wildman–Crippen LogP) is 3.86. The van der Waals surface area contributed by atoms with E-state index in [1.165, 1.54) is 11.3 Å². The van der Waals surface area contributed by atoms with Crippen molar-refractivity contribution < 1.29 is 9.53 Å². The molecule has 0 atom stereocenters. The number of anilines is 1. The molecule has 0 fully saturated rings. The number of nitrogens with one attached hydrogen (secondary N) is 1. The number of hydrogen-bond acceptors (Lipinski definition) is 6. The Morgan fingerprint density at radius 2 is 1.81 bits per heavy atom. The molecule has 2 heterocycles. The molecule has 2 aromatic heterocycles. The molecule has 27 heavy (non-hydrogen) atoms. The number of ether oxygens (including phenoxy) is 1. The van der Waals surface area contributed by atoms with E-state index in [4.69, 9.17) is 4.74 Å². The second-order valence-electron chi connectivity index (χ2n) is 5.93. The second kappa shape index (κ2) is 7.55. The van der Waals surface area contributed by atoms with E-state index >= 15 is 0 Å². The van der Waals surface area contributed by atoms with Crippen LogP contribution in [0.1, 0.15) is 17.3 Å². The Bertz CT molecular complexity index is 1060. The molecule has 4 rings (SSSR count). The number of aryl methyl sites for hydroxylation is 2. The molecule has 1 N–H and O–H groups in total. The Morgan fingerprint density at radius 3 is 2.56 bits per heavy atom. The molecule has 0 bridgehead atoms. The van der Waals surface area contributed by atoms with Crippen molar-refractivity contribution in [1.29, 1.82) is 0 Å². The minimum atomic E-state index is -0.0607. The zero-order chi connectivity index (χ0) is 18.6. The maximum Gasteiger partial charge on any atom is 0.234 e. The summed E-state index contributed by atoms with van der Waals surface area (Å²) < 4.78 is 7.44. The van der Waals surface area contributed by atoms with Crippen molar-refractivity contribution in [1.82, 2.24) is 19.8 Å². The van der Waals surface area contributed by atoms with Crippen LogP contribution < -0.4 is 10.1 Å². The number of carbonyl (C=O) groups is 1. The molecule has 0 aliphatic carbocycles. The van der Waals surface area contributed by atoms with Crippen LogP contribution in [0.2, 0.25) is 0 Å². The maximum absolute atomic E-state index is 12.2. The van der Waals surface area contributed by atoms with Gasteiger partial charge in [0.1, 0.15) is 16.5 Å². The van der Waals surface area contributed by atoms with Crippen LogP contribution in [-0.2, 0) is 11.2 Å². The summed E-state index contributed by atoms with van der Waals surface area (Å²) >= 11 is 1.45. The van der Waals surface area contributed by atoms with Crippen molar-refractivity contribution in [3.8, 4) is 11.5 Å². The standard InChI is InChI=1S/C19H17N5O2S/c1-13-21-22-19-24(13)23-18(27-19)12-11-17(25)20-14-7-9-16(10-8-14)26-15-5-3-2-4-6-15/h2-10H,11-12H2,1H3,(H,20,25). The molecule has 8 heteroatoms. The maximum atomic E-state index is 12.2. The zero-order valence-corrected chi connectivity index (χ0v) is 15.4. The summed E-state index contributed by atoms with van der Waals surface area (Å²) in [5, 5.41) is 16.2. The molecule has 4 aromatic rings. The number of para-hydroxylation sites is 1. The molecular weight excluding hydrogens is 362 g/mol. The number of carbonyl (C=O) groups excluding carboxylic acids is 1. The molecule has 7 nitrogen and oxygen atoms in total. The van der Waals surface area contributed by atoms with Crippen LogP contribution in [0.5, 0.6) is 11.5 Å². The van der Waals surface area contributed by atoms with Crippen LogP contribution in [0.4, 0.5) is 5.69 Å². The Hall–Kier alpha value is -3.26. The molecule has 0 aliphatic heterocycles. The van der Waals surface area contributed by atoms with Gasteiger partial charge in [-0.25, -0.2) is 0 Å². The van der Waals surface area contributed by atoms with Crippen LogP contribution >= 0.6 is 11.3 Å². The zero-order valence-electron chi connectivity index (χ0n) is 14.6. The molecule has 1 amide bonds. The van der Waals surface area contributed by atoms with Gasteiger partial charge in [0.15, 0.2) is 5.82 Å². The number of benzene rings is 2. The normalized spacial score (nSPS) is 10.9. The van der Waals surface area contributed by atoms with Crippen molar-refractivity contribution in [2.75, 3.05) is 5.32 Å². The van der Waals surface area contributed by atoms with Gasteiger partial charge in [0.05, 0.1) is 0 Å². The molecule has 0 saturated carbocycles. The third kappa shape index (κ3) is 4.12. The molecule has 2 aromatic carbocycles. The molecule has 0 unspecified atom stereocenters. The van der Waals surface area contributed by atoms with Gasteiger partial charge in [-0.2, -0.15) is 9.61 Å². The van der Waals surface area contributed by atoms with Gasteiger partial charge in [0.25, 0.3) is 0 Å². The summed E-state index contributed by atoms with van der Waals surface area (Å²) in [6.07, 6.45) is 0.917. The third-order valence-corrected chi connectivity index (χ3v) is 4.83. The topological polar surface area (TPSA) is 81.4 Å². The Kier molecular flexibility index (Phi) is 4.80. The lowest BCUT2D eigenvalue weighted by Gasteiger charge is -2.08. The Morgan fingerprint density at radius 1 is 1.07 bits per heavy atom. The second-order valence-corrected chi connectivity index (χ2v) is 6.97. The van der Waals surface area contributed by atoms with Gasteiger partial charge < -0.3 is 10.1 Å². The first-order valence-corrected chi connectivity index (χ1v) is 9.29. The van der Waals surface area contributed by atoms with E-state index in [9.17, 15) is 4.79 Å². The fourth-order valence-electron chi connectivity index (χ4n) is 2.53. The summed E-state index contributed by atoms with van der Waals surface area (Å²) in [6, 6.07) is 16.9. The number of amides is 1. The largest absolute Gasteiger partial charge is 0.457 e. The summed E-state index contributed by atoms with van der Waals surface area (Å²) in [6.45, 7) is 1.85. The molecule has 0 aliphatic rings. The van der Waals surface area contributed by atoms with Gasteiger partial charge in [0.2, 0.25) is 10.9 Å². The van der Waals surface area contributed by atoms with E-state index in [0.717, 1.165) is 27.2 Å². The van der Waals surface area contributed by atoms with Gasteiger partial charge >= 0.3 is 0 Å². The van der Waals surface area contributed by atoms with Crippen molar-refractivity contribution in [3.05, 3.63) is 65.4 Å². The summed E-state index contributed by atoms with van der Waals surface area (Å²) in [5.41, 5.74) is 0.731. The minimum absolute atomic E-state index is 0.0607. The Balaban J connectivity index is 1.31. The number of nitrogens with zero attached hydrogens (tertiary/aromatic N) is 4. The summed E-state index contributed by atoms with van der Waals surface area (Å²) in [4.78, 5) is 12.9. The molecule has 136 valence electrons. The van der Waals surface area contributed by atoms with E-state index < -0.39 is 0 Å². The van der Waals surface area contributed by atoms with E-state index in [-0.39, 0.29) is 5.91 Å². The van der Waals surface area contributed by atoms with E-state index in [1.807, 2.05) is 61.5 Å². The van der Waals surface area contributed by atoms with Crippen molar-refractivity contribution in [2.24, 2.45) is 0 Å². The predicted molar refractivity (Wildman–Crippen MR) is 103 cm³/mol. The number of rotatable bonds is 6. The first-order chi connectivity index (χ1) is 13.2. The molecular formula is C19H17N5O2S. The average Bonchev–Trinajstić information content (AvgIpc) is 3.24. The van der Waals surface area contributed by atoms with Crippen molar-refractivity contribution >= 4 is 27.9 Å². The van der Waals surface area contributed by atoms with E-state index in [0.29, 0.717) is 18.6 Å². The quantitative estimate of drug-likeness (QED) is 0.550. The van der Waals surface area contributed by atoms with Gasteiger partial charge in [-0.1, -0.05) is 29.5 Å². The van der Waals surface area contributed by atoms with Crippen LogP contribution in [0.15, 0.2) is 54.6 Å². The lowest BCUT2D eigenvalue weighted by atomic mass is 10.2. The van der Waals surface area contributed by atoms with Crippen molar-refractivity contribution in [2.45, 2.75) is 19.8 Å². The van der Waals surface area contributed by atoms with Crippen LogP contribution in [0.25, 0.3) is 4.96 Å². The first kappa shape index (κ1) is 17.2. The Labute approximate surface area is 159 Å². The van der Waals surface area contributed by atoms with E-state index in [1.54, 1.807) is 4.52 Å². The first-order valence-electron chi connectivity index (χ1n) is 8.48. The van der Waals surface area contributed by atoms with Crippen LogP contribution in [0.3, 0.4) is 0 Å². The van der Waals surface area contributed by atoms with Crippen molar-refractivity contribution in [3.63, 3.8) is 0 Å². The van der Waals surface area contributed by atoms with Crippen LogP contribution in [-0.4, -0.2) is 25.7 Å². The lowest BCUT2D eigenvalue weighted by Crippen LogP contribution is -2.12. The SMILES string of the molecule is Cc1nnc2sc(CCC(=O)Nc3ccc(Oc4ccccc4)cc3)nn12. The average molecular weight is 379 g/mol. The monoisotopic (exact) mass is 379 g/mol. The summed E-state index contributed by atoms with van der Waals surface area (Å²) in [5.74, 6) is 2.17. The van der Waals surface area contributed by atoms with E-state index in [2.05, 4.69) is 20.6 Å². The minimum Gasteiger partial charge on any atom is -0.457 e. The van der Waals surface area contributed by atoms with Gasteiger partial charge in [0, 0.05) is 18.5 Å². The number of hydrogen-bond donors (Lipinski definition) is 1. The summed E-state index contributed by atoms with van der Waals surface area (Å²) in [7, 11) is 0.